The van der Waals surface area contributed by atoms with E-state index in [2.05, 4.69) is 46.0 Å². The predicted molar refractivity (Wildman–Crippen MR) is 113 cm³/mol. The van der Waals surface area contributed by atoms with E-state index < -0.39 is 0 Å². The molecule has 5 rings (SSSR count). The number of nitrogens with one attached hydrogen (secondary N) is 1. The second-order valence-corrected chi connectivity index (χ2v) is 7.58. The van der Waals surface area contributed by atoms with E-state index in [0.29, 0.717) is 5.56 Å². The first-order valence-electron chi connectivity index (χ1n) is 9.65. The molecule has 3 aliphatic rings. The number of aromatic nitrogens is 3. The SMILES string of the molecule is Cc1cc2c3nn(-c4ccccc4)c(=O)c-3c[nH]c2cc1N1CCN(C)CC1. The molecule has 0 atom stereocenters. The van der Waals surface area contributed by atoms with Crippen LogP contribution in [-0.2, 0) is 0 Å². The minimum absolute atomic E-state index is 0.0971. The maximum Gasteiger partial charge on any atom is 0.282 e. The summed E-state index contributed by atoms with van der Waals surface area (Å²) in [5.74, 6) is 0. The average molecular weight is 373 g/mol. The number of aryl methyl sites for hydroxylation is 1. The third-order valence-electron chi connectivity index (χ3n) is 5.69. The lowest BCUT2D eigenvalue weighted by atomic mass is 10.0. The number of rotatable bonds is 2. The molecule has 3 heterocycles. The first-order valence-corrected chi connectivity index (χ1v) is 9.65. The molecule has 0 amide bonds. The molecule has 6 nitrogen and oxygen atoms in total. The Labute approximate surface area is 163 Å². The monoisotopic (exact) mass is 373 g/mol. The molecule has 0 unspecified atom stereocenters. The number of hydrogen-bond acceptors (Lipinski definition) is 4. The number of piperazine rings is 1. The maximum atomic E-state index is 12.9. The van der Waals surface area contributed by atoms with Gasteiger partial charge in [0.25, 0.3) is 5.56 Å². The van der Waals surface area contributed by atoms with Crippen LogP contribution in [-0.4, -0.2) is 52.9 Å². The Balaban J connectivity index is 1.65. The summed E-state index contributed by atoms with van der Waals surface area (Å²) in [6.07, 6.45) is 1.79. The highest BCUT2D eigenvalue weighted by Gasteiger charge is 2.21. The third kappa shape index (κ3) is 2.68. The first kappa shape index (κ1) is 17.0. The van der Waals surface area contributed by atoms with Crippen molar-refractivity contribution in [2.24, 2.45) is 0 Å². The zero-order valence-electron chi connectivity index (χ0n) is 16.1. The van der Waals surface area contributed by atoms with Crippen LogP contribution in [0.4, 0.5) is 5.69 Å². The highest BCUT2D eigenvalue weighted by Crippen LogP contribution is 2.32. The number of fused-ring (bicyclic) bond motifs is 3. The number of pyridine rings is 1. The van der Waals surface area contributed by atoms with E-state index in [1.807, 2.05) is 30.3 Å². The Morgan fingerprint density at radius 3 is 2.54 bits per heavy atom. The van der Waals surface area contributed by atoms with Crippen LogP contribution in [0.3, 0.4) is 0 Å². The van der Waals surface area contributed by atoms with Crippen molar-refractivity contribution in [1.82, 2.24) is 19.7 Å². The fraction of sp³-hybridized carbons (Fsp3) is 0.273. The molecule has 0 spiro atoms. The number of H-pyrrole nitrogens is 1. The van der Waals surface area contributed by atoms with Gasteiger partial charge in [-0.1, -0.05) is 18.2 Å². The predicted octanol–water partition coefficient (Wildman–Crippen LogP) is 2.88. The Morgan fingerprint density at radius 1 is 1.04 bits per heavy atom. The number of hydrogen-bond donors (Lipinski definition) is 1. The topological polar surface area (TPSA) is 57.2 Å². The van der Waals surface area contributed by atoms with Crippen molar-refractivity contribution >= 4 is 16.6 Å². The van der Waals surface area contributed by atoms with Crippen molar-refractivity contribution < 1.29 is 0 Å². The van der Waals surface area contributed by atoms with Gasteiger partial charge in [0.2, 0.25) is 0 Å². The summed E-state index contributed by atoms with van der Waals surface area (Å²) in [4.78, 5) is 21.0. The van der Waals surface area contributed by atoms with Crippen molar-refractivity contribution in [3.05, 3.63) is 64.6 Å². The molecular formula is C22H23N5O. The van der Waals surface area contributed by atoms with Crippen molar-refractivity contribution in [2.75, 3.05) is 38.1 Å². The molecule has 0 aromatic heterocycles. The summed E-state index contributed by atoms with van der Waals surface area (Å²) in [5.41, 5.74) is 5.51. The van der Waals surface area contributed by atoms with Gasteiger partial charge in [-0.25, -0.2) is 0 Å². The number of para-hydroxylation sites is 1. The zero-order chi connectivity index (χ0) is 19.3. The van der Waals surface area contributed by atoms with E-state index in [-0.39, 0.29) is 5.56 Å². The van der Waals surface area contributed by atoms with Crippen molar-refractivity contribution in [1.29, 1.82) is 0 Å². The van der Waals surface area contributed by atoms with E-state index >= 15 is 0 Å². The van der Waals surface area contributed by atoms with Crippen LogP contribution in [0.2, 0.25) is 0 Å². The van der Waals surface area contributed by atoms with Crippen LogP contribution in [0, 0.1) is 6.92 Å². The molecule has 1 fully saturated rings. The summed E-state index contributed by atoms with van der Waals surface area (Å²) in [6.45, 7) is 6.33. The first-order chi connectivity index (χ1) is 13.6. The van der Waals surface area contributed by atoms with Gasteiger partial charge in [-0.3, -0.25) is 4.79 Å². The lowest BCUT2D eigenvalue weighted by Gasteiger charge is -2.35. The molecule has 6 heteroatoms. The van der Waals surface area contributed by atoms with E-state index in [1.54, 1.807) is 6.20 Å². The second kappa shape index (κ2) is 6.49. The highest BCUT2D eigenvalue weighted by molar-refractivity contribution is 5.96. The maximum absolute atomic E-state index is 12.9. The number of likely N-dealkylation sites (N-methyl/N-ethyl adjacent to an activating group) is 1. The fourth-order valence-corrected chi connectivity index (χ4v) is 4.04. The van der Waals surface area contributed by atoms with Gasteiger partial charge in [0.1, 0.15) is 5.69 Å². The van der Waals surface area contributed by atoms with Crippen LogP contribution in [0.1, 0.15) is 5.56 Å². The molecule has 0 radical (unpaired) electrons. The van der Waals surface area contributed by atoms with Gasteiger partial charge in [0, 0.05) is 49.0 Å². The van der Waals surface area contributed by atoms with Crippen molar-refractivity contribution in [3.8, 4) is 16.9 Å². The second-order valence-electron chi connectivity index (χ2n) is 7.58. The van der Waals surface area contributed by atoms with Gasteiger partial charge in [-0.15, -0.1) is 0 Å². The summed E-state index contributed by atoms with van der Waals surface area (Å²) in [6, 6.07) is 13.9. The van der Waals surface area contributed by atoms with Crippen LogP contribution in [0.15, 0.2) is 53.5 Å². The lowest BCUT2D eigenvalue weighted by Crippen LogP contribution is -2.44. The molecule has 0 bridgehead atoms. The standard InChI is InChI=1S/C22H23N5O/c1-15-12-17-19(13-20(15)26-10-8-25(2)9-11-26)23-14-18-21(17)24-27(22(18)28)16-6-4-3-5-7-16/h3-7,12-14,23H,8-11H2,1-2H3. The highest BCUT2D eigenvalue weighted by atomic mass is 16.1. The zero-order valence-corrected chi connectivity index (χ0v) is 16.1. The molecule has 1 saturated heterocycles. The van der Waals surface area contributed by atoms with Gasteiger partial charge in [0.15, 0.2) is 0 Å². The summed E-state index contributed by atoms with van der Waals surface area (Å²) in [5, 5.41) is 5.65. The molecular weight excluding hydrogens is 350 g/mol. The molecule has 3 aliphatic heterocycles. The largest absolute Gasteiger partial charge is 0.369 e. The smallest absolute Gasteiger partial charge is 0.282 e. The minimum atomic E-state index is -0.0971. The number of anilines is 1. The van der Waals surface area contributed by atoms with Crippen LogP contribution < -0.4 is 10.5 Å². The summed E-state index contributed by atoms with van der Waals surface area (Å²) < 4.78 is 1.49. The molecule has 1 N–H and O–H groups in total. The Morgan fingerprint density at radius 2 is 1.79 bits per heavy atom. The van der Waals surface area contributed by atoms with Crippen LogP contribution >= 0.6 is 0 Å². The van der Waals surface area contributed by atoms with Crippen molar-refractivity contribution in [2.45, 2.75) is 6.92 Å². The van der Waals surface area contributed by atoms with Gasteiger partial charge < -0.3 is 14.8 Å². The molecule has 142 valence electrons. The van der Waals surface area contributed by atoms with E-state index in [0.717, 1.165) is 48.5 Å². The molecule has 0 saturated carbocycles. The van der Waals surface area contributed by atoms with E-state index in [1.165, 1.54) is 15.9 Å². The van der Waals surface area contributed by atoms with Crippen LogP contribution in [0.25, 0.3) is 27.8 Å². The van der Waals surface area contributed by atoms with Gasteiger partial charge >= 0.3 is 0 Å². The Kier molecular flexibility index (Phi) is 3.94. The lowest BCUT2D eigenvalue weighted by molar-refractivity contribution is 0.313. The minimum Gasteiger partial charge on any atom is -0.369 e. The third-order valence-corrected chi connectivity index (χ3v) is 5.69. The quantitative estimate of drug-likeness (QED) is 0.587. The molecule has 0 aliphatic carbocycles. The number of aromatic amines is 1. The normalized spacial score (nSPS) is 15.6. The van der Waals surface area contributed by atoms with Gasteiger partial charge in [0.05, 0.1) is 11.3 Å². The summed E-state index contributed by atoms with van der Waals surface area (Å²) >= 11 is 0. The molecule has 28 heavy (non-hydrogen) atoms. The fourth-order valence-electron chi connectivity index (χ4n) is 4.04. The molecule has 2 aromatic rings. The van der Waals surface area contributed by atoms with Crippen molar-refractivity contribution in [3.63, 3.8) is 0 Å². The summed E-state index contributed by atoms with van der Waals surface area (Å²) in [7, 11) is 2.17. The number of benzene rings is 2. The number of nitrogens with zero attached hydrogens (tertiary/aromatic N) is 4. The Hall–Kier alpha value is -3.12. The van der Waals surface area contributed by atoms with Gasteiger partial charge in [-0.2, -0.15) is 9.78 Å². The molecule has 2 aromatic carbocycles. The Bertz CT molecular complexity index is 1170. The van der Waals surface area contributed by atoms with Crippen LogP contribution in [0.5, 0.6) is 0 Å². The average Bonchev–Trinajstić information content (AvgIpc) is 3.06. The van der Waals surface area contributed by atoms with E-state index in [9.17, 15) is 4.79 Å². The van der Waals surface area contributed by atoms with Gasteiger partial charge in [-0.05, 0) is 43.8 Å². The van der Waals surface area contributed by atoms with E-state index in [4.69, 9.17) is 0 Å².